The molecule has 1 heterocycles. The molecule has 3 aromatic rings. The molecule has 1 aromatic heterocycles. The molecular formula is C22H22F2N4O2S2. The Labute approximate surface area is 192 Å². The van der Waals surface area contributed by atoms with Gasteiger partial charge in [0, 0.05) is 11.8 Å². The first-order valence-corrected chi connectivity index (χ1v) is 11.8. The summed E-state index contributed by atoms with van der Waals surface area (Å²) in [5.74, 6) is -1.69. The maximum absolute atomic E-state index is 13.3. The van der Waals surface area contributed by atoms with Crippen LogP contribution in [0.15, 0.2) is 52.9 Å². The Hall–Kier alpha value is -2.85. The van der Waals surface area contributed by atoms with Gasteiger partial charge in [-0.2, -0.15) is 0 Å². The average Bonchev–Trinajstić information content (AvgIpc) is 3.19. The molecule has 0 aliphatic rings. The van der Waals surface area contributed by atoms with Gasteiger partial charge in [-0.15, -0.1) is 10.2 Å². The van der Waals surface area contributed by atoms with Crippen LogP contribution in [0.2, 0.25) is 0 Å². The Morgan fingerprint density at radius 1 is 1.06 bits per heavy atom. The fraction of sp³-hybridized carbons (Fsp3) is 0.273. The number of hydrogen-bond acceptors (Lipinski definition) is 6. The fourth-order valence-corrected chi connectivity index (χ4v) is 4.64. The van der Waals surface area contributed by atoms with Gasteiger partial charge >= 0.3 is 0 Å². The Bertz CT molecular complexity index is 1040. The lowest BCUT2D eigenvalue weighted by Gasteiger charge is -2.17. The number of anilines is 1. The van der Waals surface area contributed by atoms with Gasteiger partial charge in [0.2, 0.25) is 16.9 Å². The summed E-state index contributed by atoms with van der Waals surface area (Å²) < 4.78 is 27.4. The first-order valence-electron chi connectivity index (χ1n) is 9.98. The van der Waals surface area contributed by atoms with Gasteiger partial charge in [-0.25, -0.2) is 8.78 Å². The Morgan fingerprint density at radius 3 is 2.47 bits per heavy atom. The second kappa shape index (κ2) is 11.7. The highest BCUT2D eigenvalue weighted by molar-refractivity contribution is 8.00. The van der Waals surface area contributed by atoms with E-state index in [9.17, 15) is 18.4 Å². The highest BCUT2D eigenvalue weighted by Crippen LogP contribution is 2.28. The minimum Gasteiger partial charge on any atom is -0.344 e. The topological polar surface area (TPSA) is 84.0 Å². The lowest BCUT2D eigenvalue weighted by molar-refractivity contribution is -0.126. The maximum atomic E-state index is 13.3. The van der Waals surface area contributed by atoms with Gasteiger partial charge in [-0.1, -0.05) is 66.8 Å². The van der Waals surface area contributed by atoms with Gasteiger partial charge in [0.05, 0.1) is 6.42 Å². The van der Waals surface area contributed by atoms with E-state index in [0.717, 1.165) is 29.5 Å². The molecule has 2 amide bonds. The first kappa shape index (κ1) is 23.8. The molecule has 2 N–H and O–H groups in total. The number of thioether (sulfide) groups is 1. The van der Waals surface area contributed by atoms with E-state index >= 15 is 0 Å². The molecule has 2 aromatic carbocycles. The van der Waals surface area contributed by atoms with Crippen LogP contribution in [0.5, 0.6) is 0 Å². The molecular weight excluding hydrogens is 454 g/mol. The van der Waals surface area contributed by atoms with Crippen LogP contribution in [-0.4, -0.2) is 28.1 Å². The second-order valence-electron chi connectivity index (χ2n) is 7.00. The minimum atomic E-state index is -0.796. The highest BCUT2D eigenvalue weighted by atomic mass is 32.2. The zero-order valence-corrected chi connectivity index (χ0v) is 18.9. The van der Waals surface area contributed by atoms with Crippen LogP contribution in [0.3, 0.4) is 0 Å². The molecule has 1 atom stereocenters. The molecule has 0 bridgehead atoms. The summed E-state index contributed by atoms with van der Waals surface area (Å²) in [6, 6.07) is 12.1. The van der Waals surface area contributed by atoms with Crippen molar-refractivity contribution < 1.29 is 18.4 Å². The minimum absolute atomic E-state index is 0.194. The summed E-state index contributed by atoms with van der Waals surface area (Å²) in [6.45, 7) is 1.89. The van der Waals surface area contributed by atoms with E-state index in [1.807, 2.05) is 37.3 Å². The van der Waals surface area contributed by atoms with Gasteiger partial charge in [-0.3, -0.25) is 14.9 Å². The SMILES string of the molecule is CCCC(NC(=O)Cc1cc(F)cc(F)c1)C(=O)Nc1nnc(SCc2ccccc2)s1. The number of carbonyl (C=O) groups is 2. The molecule has 0 aliphatic heterocycles. The van der Waals surface area contributed by atoms with Crippen LogP contribution in [0.1, 0.15) is 30.9 Å². The number of rotatable bonds is 10. The predicted octanol–water partition coefficient (Wildman–Crippen LogP) is 4.57. The van der Waals surface area contributed by atoms with Crippen LogP contribution >= 0.6 is 23.1 Å². The van der Waals surface area contributed by atoms with Crippen LogP contribution in [0.4, 0.5) is 13.9 Å². The molecule has 0 saturated heterocycles. The third-order valence-electron chi connectivity index (χ3n) is 4.36. The third kappa shape index (κ3) is 7.38. The van der Waals surface area contributed by atoms with Crippen molar-refractivity contribution in [1.29, 1.82) is 0 Å². The van der Waals surface area contributed by atoms with Gasteiger partial charge < -0.3 is 5.32 Å². The number of aromatic nitrogens is 2. The Balaban J connectivity index is 1.55. The molecule has 168 valence electrons. The van der Waals surface area contributed by atoms with Crippen LogP contribution in [0.25, 0.3) is 0 Å². The molecule has 6 nitrogen and oxygen atoms in total. The van der Waals surface area contributed by atoms with Crippen LogP contribution in [0, 0.1) is 11.6 Å². The van der Waals surface area contributed by atoms with Crippen LogP contribution < -0.4 is 10.6 Å². The number of nitrogens with one attached hydrogen (secondary N) is 2. The van der Waals surface area contributed by atoms with Gasteiger partial charge in [0.15, 0.2) is 4.34 Å². The number of amides is 2. The molecule has 0 fully saturated rings. The van der Waals surface area contributed by atoms with E-state index in [4.69, 9.17) is 0 Å². The average molecular weight is 477 g/mol. The quantitative estimate of drug-likeness (QED) is 0.331. The highest BCUT2D eigenvalue weighted by Gasteiger charge is 2.22. The predicted molar refractivity (Wildman–Crippen MR) is 121 cm³/mol. The lowest BCUT2D eigenvalue weighted by Crippen LogP contribution is -2.44. The zero-order valence-electron chi connectivity index (χ0n) is 17.3. The largest absolute Gasteiger partial charge is 0.344 e. The molecule has 0 spiro atoms. The molecule has 32 heavy (non-hydrogen) atoms. The summed E-state index contributed by atoms with van der Waals surface area (Å²) in [5, 5.41) is 13.7. The third-order valence-corrected chi connectivity index (χ3v) is 6.40. The van der Waals surface area contributed by atoms with E-state index in [1.165, 1.54) is 23.1 Å². The summed E-state index contributed by atoms with van der Waals surface area (Å²) in [4.78, 5) is 25.0. The van der Waals surface area contributed by atoms with Crippen molar-refractivity contribution >= 4 is 40.0 Å². The van der Waals surface area contributed by atoms with Crippen molar-refractivity contribution in [3.8, 4) is 0 Å². The molecule has 3 rings (SSSR count). The standard InChI is InChI=1S/C22H22F2N4O2S2/c1-2-6-18(25-19(29)11-15-9-16(23)12-17(24)10-15)20(30)26-21-27-28-22(32-21)31-13-14-7-4-3-5-8-14/h3-5,7-10,12,18H,2,6,11,13H2,1H3,(H,25,29)(H,26,27,30). The number of halogens is 2. The lowest BCUT2D eigenvalue weighted by atomic mass is 10.1. The van der Waals surface area contributed by atoms with Crippen molar-refractivity contribution in [3.05, 3.63) is 71.3 Å². The van der Waals surface area contributed by atoms with Crippen LogP contribution in [-0.2, 0) is 21.8 Å². The monoisotopic (exact) mass is 476 g/mol. The zero-order chi connectivity index (χ0) is 22.9. The van der Waals surface area contributed by atoms with Gasteiger partial charge in [0.1, 0.15) is 17.7 Å². The Kier molecular flexibility index (Phi) is 8.69. The molecule has 1 unspecified atom stereocenters. The van der Waals surface area contributed by atoms with Gasteiger partial charge in [-0.05, 0) is 29.7 Å². The Morgan fingerprint density at radius 2 is 1.78 bits per heavy atom. The molecule has 0 aliphatic carbocycles. The normalized spacial score (nSPS) is 11.7. The molecule has 0 radical (unpaired) electrons. The molecule has 10 heteroatoms. The summed E-state index contributed by atoms with van der Waals surface area (Å²) in [5.41, 5.74) is 1.35. The first-order chi connectivity index (χ1) is 15.4. The van der Waals surface area contributed by atoms with E-state index in [0.29, 0.717) is 22.3 Å². The maximum Gasteiger partial charge on any atom is 0.248 e. The number of nitrogens with zero attached hydrogens (tertiary/aromatic N) is 2. The van der Waals surface area contributed by atoms with Crippen molar-refractivity contribution in [3.63, 3.8) is 0 Å². The number of carbonyl (C=O) groups excluding carboxylic acids is 2. The summed E-state index contributed by atoms with van der Waals surface area (Å²) >= 11 is 2.77. The van der Waals surface area contributed by atoms with E-state index in [-0.39, 0.29) is 12.0 Å². The number of hydrogen-bond donors (Lipinski definition) is 2. The van der Waals surface area contributed by atoms with Crippen molar-refractivity contribution in [2.75, 3.05) is 5.32 Å². The van der Waals surface area contributed by atoms with E-state index in [2.05, 4.69) is 20.8 Å². The van der Waals surface area contributed by atoms with E-state index in [1.54, 1.807) is 0 Å². The van der Waals surface area contributed by atoms with Crippen molar-refractivity contribution in [2.24, 2.45) is 0 Å². The fourth-order valence-electron chi connectivity index (χ4n) is 2.93. The molecule has 0 saturated carbocycles. The van der Waals surface area contributed by atoms with Crippen molar-refractivity contribution in [1.82, 2.24) is 15.5 Å². The second-order valence-corrected chi connectivity index (χ2v) is 9.20. The summed E-state index contributed by atoms with van der Waals surface area (Å²) in [7, 11) is 0. The summed E-state index contributed by atoms with van der Waals surface area (Å²) in [6.07, 6.45) is 0.825. The smallest absolute Gasteiger partial charge is 0.248 e. The van der Waals surface area contributed by atoms with Crippen molar-refractivity contribution in [2.45, 2.75) is 42.3 Å². The number of benzene rings is 2. The van der Waals surface area contributed by atoms with Gasteiger partial charge in [0.25, 0.3) is 0 Å². The van der Waals surface area contributed by atoms with E-state index < -0.39 is 29.5 Å².